The smallest absolute Gasteiger partial charge is 0.114 e. The van der Waals surface area contributed by atoms with Gasteiger partial charge in [0.1, 0.15) is 24.4 Å². The van der Waals surface area contributed by atoms with Crippen molar-refractivity contribution in [3.8, 4) is 0 Å². The van der Waals surface area contributed by atoms with Crippen molar-refractivity contribution in [1.82, 2.24) is 0 Å². The fraction of sp³-hybridized carbons (Fsp3) is 1.00. The van der Waals surface area contributed by atoms with Crippen molar-refractivity contribution in [2.45, 2.75) is 50.6 Å². The van der Waals surface area contributed by atoms with E-state index in [1.165, 1.54) is 0 Å². The van der Waals surface area contributed by atoms with E-state index >= 15 is 0 Å². The van der Waals surface area contributed by atoms with Gasteiger partial charge < -0.3 is 24.8 Å². The Labute approximate surface area is 96.0 Å². The molecule has 1 aliphatic heterocycles. The van der Waals surface area contributed by atoms with E-state index in [1.807, 2.05) is 0 Å². The molecule has 0 aromatic heterocycles. The SMILES string of the molecule is CCCCCOC[C@@H](O)[C@H]1OC[C@H](O)[C@H]1O. The number of aliphatic hydroxyl groups is 3. The minimum absolute atomic E-state index is 0.0682. The monoisotopic (exact) mass is 234 g/mol. The highest BCUT2D eigenvalue weighted by atomic mass is 16.5. The minimum atomic E-state index is -1.02. The maximum Gasteiger partial charge on any atom is 0.114 e. The third-order valence-corrected chi connectivity index (χ3v) is 2.75. The third kappa shape index (κ3) is 3.99. The zero-order valence-corrected chi connectivity index (χ0v) is 9.71. The highest BCUT2D eigenvalue weighted by molar-refractivity contribution is 4.87. The summed E-state index contributed by atoms with van der Waals surface area (Å²) in [5.41, 5.74) is 0. The molecular formula is C11H22O5. The molecule has 0 aromatic rings. The molecule has 16 heavy (non-hydrogen) atoms. The van der Waals surface area contributed by atoms with Crippen molar-refractivity contribution in [3.05, 3.63) is 0 Å². The molecule has 96 valence electrons. The molecule has 4 atom stereocenters. The summed E-state index contributed by atoms with van der Waals surface area (Å²) in [6, 6.07) is 0. The Morgan fingerprint density at radius 1 is 1.38 bits per heavy atom. The lowest BCUT2D eigenvalue weighted by Crippen LogP contribution is -2.40. The first kappa shape index (κ1) is 13.9. The highest BCUT2D eigenvalue weighted by Crippen LogP contribution is 2.17. The van der Waals surface area contributed by atoms with E-state index in [0.29, 0.717) is 6.61 Å². The zero-order valence-electron chi connectivity index (χ0n) is 9.71. The van der Waals surface area contributed by atoms with Gasteiger partial charge in [0.15, 0.2) is 0 Å². The van der Waals surface area contributed by atoms with Gasteiger partial charge in [0, 0.05) is 6.61 Å². The molecule has 0 amide bonds. The molecule has 5 heteroatoms. The fourth-order valence-electron chi connectivity index (χ4n) is 1.72. The molecule has 0 aromatic carbocycles. The second kappa shape index (κ2) is 7.19. The zero-order chi connectivity index (χ0) is 12.0. The quantitative estimate of drug-likeness (QED) is 0.526. The third-order valence-electron chi connectivity index (χ3n) is 2.75. The van der Waals surface area contributed by atoms with Crippen LogP contribution in [0.2, 0.25) is 0 Å². The van der Waals surface area contributed by atoms with Gasteiger partial charge >= 0.3 is 0 Å². The van der Waals surface area contributed by atoms with Crippen LogP contribution in [0.5, 0.6) is 0 Å². The Balaban J connectivity index is 2.12. The summed E-state index contributed by atoms with van der Waals surface area (Å²) in [6.45, 7) is 2.92. The summed E-state index contributed by atoms with van der Waals surface area (Å²) in [5, 5.41) is 28.4. The van der Waals surface area contributed by atoms with Crippen LogP contribution >= 0.6 is 0 Å². The first-order valence-electron chi connectivity index (χ1n) is 5.90. The summed E-state index contributed by atoms with van der Waals surface area (Å²) >= 11 is 0. The second-order valence-electron chi connectivity index (χ2n) is 4.21. The van der Waals surface area contributed by atoms with Gasteiger partial charge in [-0.15, -0.1) is 0 Å². The average Bonchev–Trinajstić information content (AvgIpc) is 2.59. The maximum atomic E-state index is 9.67. The van der Waals surface area contributed by atoms with Crippen LogP contribution in [0.25, 0.3) is 0 Å². The Morgan fingerprint density at radius 3 is 2.69 bits per heavy atom. The highest BCUT2D eigenvalue weighted by Gasteiger charge is 2.39. The summed E-state index contributed by atoms with van der Waals surface area (Å²) < 4.78 is 10.4. The van der Waals surface area contributed by atoms with Crippen molar-refractivity contribution in [2.75, 3.05) is 19.8 Å². The lowest BCUT2D eigenvalue weighted by Gasteiger charge is -2.20. The molecule has 1 fully saturated rings. The molecule has 0 spiro atoms. The predicted molar refractivity (Wildman–Crippen MR) is 58.1 cm³/mol. The van der Waals surface area contributed by atoms with Crippen LogP contribution < -0.4 is 0 Å². The van der Waals surface area contributed by atoms with Gasteiger partial charge in [0.25, 0.3) is 0 Å². The Hall–Kier alpha value is -0.200. The van der Waals surface area contributed by atoms with Crippen LogP contribution in [-0.2, 0) is 9.47 Å². The lowest BCUT2D eigenvalue weighted by molar-refractivity contribution is -0.0813. The molecule has 0 aliphatic carbocycles. The van der Waals surface area contributed by atoms with Crippen LogP contribution in [0.3, 0.4) is 0 Å². The van der Waals surface area contributed by atoms with E-state index in [4.69, 9.17) is 9.47 Å². The van der Waals surface area contributed by atoms with Crippen molar-refractivity contribution in [2.24, 2.45) is 0 Å². The number of hydrogen-bond acceptors (Lipinski definition) is 5. The van der Waals surface area contributed by atoms with Crippen LogP contribution in [0.1, 0.15) is 26.2 Å². The number of unbranched alkanes of at least 4 members (excludes halogenated alkanes) is 2. The van der Waals surface area contributed by atoms with Gasteiger partial charge in [0.05, 0.1) is 13.2 Å². The van der Waals surface area contributed by atoms with Gasteiger partial charge in [-0.25, -0.2) is 0 Å². The van der Waals surface area contributed by atoms with Gasteiger partial charge in [-0.3, -0.25) is 0 Å². The Kier molecular flexibility index (Phi) is 6.23. The summed E-state index contributed by atoms with van der Waals surface area (Å²) in [6.07, 6.45) is -0.330. The molecule has 3 N–H and O–H groups in total. The largest absolute Gasteiger partial charge is 0.388 e. The molecular weight excluding hydrogens is 212 g/mol. The summed E-state index contributed by atoms with van der Waals surface area (Å²) in [7, 11) is 0. The topological polar surface area (TPSA) is 79.2 Å². The standard InChI is InChI=1S/C11H22O5/c1-2-3-4-5-15-6-9(13)11-10(14)8(12)7-16-11/h8-14H,2-7H2,1H3/t8-,9+,10+,11+/m0/s1. The van der Waals surface area contributed by atoms with Crippen molar-refractivity contribution >= 4 is 0 Å². The fourth-order valence-corrected chi connectivity index (χ4v) is 1.72. The van der Waals surface area contributed by atoms with Gasteiger partial charge in [-0.1, -0.05) is 19.8 Å². The van der Waals surface area contributed by atoms with Crippen LogP contribution in [0.15, 0.2) is 0 Å². The number of hydrogen-bond donors (Lipinski definition) is 3. The van der Waals surface area contributed by atoms with E-state index in [1.54, 1.807) is 0 Å². The first-order chi connectivity index (χ1) is 7.66. The predicted octanol–water partition coefficient (Wildman–Crippen LogP) is -0.325. The lowest BCUT2D eigenvalue weighted by atomic mass is 10.1. The van der Waals surface area contributed by atoms with Crippen molar-refractivity contribution in [1.29, 1.82) is 0 Å². The summed E-state index contributed by atoms with van der Waals surface area (Å²) in [5.74, 6) is 0. The molecule has 1 rings (SSSR count). The molecule has 0 radical (unpaired) electrons. The first-order valence-corrected chi connectivity index (χ1v) is 5.90. The maximum absolute atomic E-state index is 9.67. The van der Waals surface area contributed by atoms with Crippen LogP contribution in [0.4, 0.5) is 0 Å². The molecule has 5 nitrogen and oxygen atoms in total. The van der Waals surface area contributed by atoms with Crippen LogP contribution in [-0.4, -0.2) is 59.6 Å². The van der Waals surface area contributed by atoms with Gasteiger partial charge in [-0.2, -0.15) is 0 Å². The average molecular weight is 234 g/mol. The molecule has 0 bridgehead atoms. The Bertz CT molecular complexity index is 187. The van der Waals surface area contributed by atoms with Gasteiger partial charge in [-0.05, 0) is 6.42 Å². The van der Waals surface area contributed by atoms with E-state index in [2.05, 4.69) is 6.92 Å². The van der Waals surface area contributed by atoms with E-state index < -0.39 is 24.4 Å². The Morgan fingerprint density at radius 2 is 2.12 bits per heavy atom. The van der Waals surface area contributed by atoms with E-state index in [9.17, 15) is 15.3 Å². The van der Waals surface area contributed by atoms with Crippen molar-refractivity contribution < 1.29 is 24.8 Å². The molecule has 1 saturated heterocycles. The van der Waals surface area contributed by atoms with E-state index in [-0.39, 0.29) is 13.2 Å². The molecule has 0 saturated carbocycles. The summed E-state index contributed by atoms with van der Waals surface area (Å²) in [4.78, 5) is 0. The number of rotatable bonds is 7. The molecule has 1 heterocycles. The van der Waals surface area contributed by atoms with Crippen molar-refractivity contribution in [3.63, 3.8) is 0 Å². The number of ether oxygens (including phenoxy) is 2. The van der Waals surface area contributed by atoms with Gasteiger partial charge in [0.2, 0.25) is 0 Å². The van der Waals surface area contributed by atoms with Crippen LogP contribution in [0, 0.1) is 0 Å². The normalized spacial score (nSPS) is 31.9. The van der Waals surface area contributed by atoms with E-state index in [0.717, 1.165) is 19.3 Å². The molecule has 0 unspecified atom stereocenters. The number of aliphatic hydroxyl groups excluding tert-OH is 3. The molecule has 1 aliphatic rings. The minimum Gasteiger partial charge on any atom is -0.388 e. The second-order valence-corrected chi connectivity index (χ2v) is 4.21.